The third kappa shape index (κ3) is 2.31. The summed E-state index contributed by atoms with van der Waals surface area (Å²) in [6.07, 6.45) is -5.77. The van der Waals surface area contributed by atoms with E-state index in [2.05, 4.69) is 0 Å². The first kappa shape index (κ1) is 10.7. The molecule has 0 radical (unpaired) electrons. The van der Waals surface area contributed by atoms with Crippen LogP contribution in [0.5, 0.6) is 0 Å². The topological polar surface area (TPSA) is 17.1 Å². The van der Waals surface area contributed by atoms with Gasteiger partial charge in [-0.2, -0.15) is 0 Å². The number of carbonyl (C=O) groups excluding carboxylic acids is 1. The van der Waals surface area contributed by atoms with Gasteiger partial charge in [-0.25, -0.2) is 17.6 Å². The van der Waals surface area contributed by atoms with E-state index in [0.717, 1.165) is 24.3 Å². The Labute approximate surface area is 77.3 Å². The van der Waals surface area contributed by atoms with Crippen molar-refractivity contribution in [1.82, 2.24) is 0 Å². The van der Waals surface area contributed by atoms with Gasteiger partial charge in [0.05, 0.1) is 0 Å². The zero-order valence-corrected chi connectivity index (χ0v) is 6.88. The second kappa shape index (κ2) is 4.21. The highest BCUT2D eigenvalue weighted by molar-refractivity contribution is 5.98. The lowest BCUT2D eigenvalue weighted by Crippen LogP contribution is -2.09. The number of hydrogen-bond donors (Lipinski definition) is 0. The van der Waals surface area contributed by atoms with Gasteiger partial charge in [-0.15, -0.1) is 0 Å². The molecule has 0 unspecified atom stereocenters. The summed E-state index contributed by atoms with van der Waals surface area (Å²) in [7, 11) is 0. The molecule has 1 nitrogen and oxygen atoms in total. The van der Waals surface area contributed by atoms with Crippen LogP contribution in [0.25, 0.3) is 0 Å². The highest BCUT2D eigenvalue weighted by atomic mass is 19.3. The number of carbonyl (C=O) groups is 1. The maximum atomic E-state index is 12.0. The number of benzene rings is 1. The quantitative estimate of drug-likeness (QED) is 0.548. The number of Topliss-reactive ketones (excluding diaryl/α,β-unsaturated/α-hetero) is 1. The van der Waals surface area contributed by atoms with E-state index in [9.17, 15) is 22.4 Å². The van der Waals surface area contributed by atoms with Crippen LogP contribution in [0.2, 0.25) is 0 Å². The Balaban J connectivity index is 2.89. The lowest BCUT2D eigenvalue weighted by atomic mass is 10.1. The maximum Gasteiger partial charge on any atom is 0.300 e. The third-order valence-corrected chi connectivity index (χ3v) is 1.65. The average Bonchev–Trinajstić information content (AvgIpc) is 2.16. The van der Waals surface area contributed by atoms with Gasteiger partial charge in [0.2, 0.25) is 5.78 Å². The van der Waals surface area contributed by atoms with E-state index in [0.29, 0.717) is 0 Å². The molecule has 0 saturated carbocycles. The van der Waals surface area contributed by atoms with Gasteiger partial charge in [-0.05, 0) is 0 Å². The lowest BCUT2D eigenvalue weighted by Gasteiger charge is -2.01. The van der Waals surface area contributed by atoms with Crippen molar-refractivity contribution < 1.29 is 22.4 Å². The largest absolute Gasteiger partial charge is 0.300 e. The Hall–Kier alpha value is -1.39. The highest BCUT2D eigenvalue weighted by Gasteiger charge is 2.17. The molecule has 0 bridgehead atoms. The summed E-state index contributed by atoms with van der Waals surface area (Å²) in [6.45, 7) is 0. The number of halogens is 4. The van der Waals surface area contributed by atoms with E-state index in [-0.39, 0.29) is 11.1 Å². The van der Waals surface area contributed by atoms with Crippen LogP contribution < -0.4 is 0 Å². The summed E-state index contributed by atoms with van der Waals surface area (Å²) in [6, 6.07) is 3.85. The Kier molecular flexibility index (Phi) is 3.22. The van der Waals surface area contributed by atoms with Crippen LogP contribution in [-0.2, 0) is 0 Å². The van der Waals surface area contributed by atoms with Gasteiger partial charge in [0.25, 0.3) is 6.43 Å². The normalized spacial score (nSPS) is 11.0. The van der Waals surface area contributed by atoms with E-state index in [4.69, 9.17) is 0 Å². The van der Waals surface area contributed by atoms with Crippen LogP contribution in [0, 0.1) is 0 Å². The predicted octanol–water partition coefficient (Wildman–Crippen LogP) is 3.07. The molecule has 14 heavy (non-hydrogen) atoms. The molecular weight excluding hydrogens is 200 g/mol. The van der Waals surface area contributed by atoms with Gasteiger partial charge in [-0.1, -0.05) is 24.3 Å². The SMILES string of the molecule is O=C(c1ccc(C(F)F)cc1)C(F)F. The standard InChI is InChI=1S/C9H6F4O/c10-8(11)6-3-1-5(2-4-6)7(14)9(12)13/h1-4,8-9H. The van der Waals surface area contributed by atoms with Crippen LogP contribution >= 0.6 is 0 Å². The Morgan fingerprint density at radius 2 is 1.50 bits per heavy atom. The molecule has 1 aromatic rings. The minimum Gasteiger partial charge on any atom is -0.288 e. The first-order valence-corrected chi connectivity index (χ1v) is 3.73. The van der Waals surface area contributed by atoms with Crippen molar-refractivity contribution in [1.29, 1.82) is 0 Å². The summed E-state index contributed by atoms with van der Waals surface area (Å²) in [5, 5.41) is 0. The van der Waals surface area contributed by atoms with E-state index < -0.39 is 18.6 Å². The van der Waals surface area contributed by atoms with Crippen LogP contribution in [0.1, 0.15) is 22.3 Å². The smallest absolute Gasteiger partial charge is 0.288 e. The molecule has 0 heterocycles. The summed E-state index contributed by atoms with van der Waals surface area (Å²) in [5.41, 5.74) is -0.555. The summed E-state index contributed by atoms with van der Waals surface area (Å²) in [5.74, 6) is -1.36. The van der Waals surface area contributed by atoms with Crippen LogP contribution in [0.3, 0.4) is 0 Å². The molecule has 0 aliphatic heterocycles. The van der Waals surface area contributed by atoms with E-state index in [1.807, 2.05) is 0 Å². The predicted molar refractivity (Wildman–Crippen MR) is 41.7 cm³/mol. The number of ketones is 1. The van der Waals surface area contributed by atoms with Gasteiger partial charge < -0.3 is 0 Å². The van der Waals surface area contributed by atoms with Crippen molar-refractivity contribution in [3.05, 3.63) is 35.4 Å². The first-order valence-electron chi connectivity index (χ1n) is 3.73. The molecule has 0 amide bonds. The summed E-state index contributed by atoms with van der Waals surface area (Å²) < 4.78 is 47.8. The first-order chi connectivity index (χ1) is 6.52. The molecule has 0 spiro atoms. The lowest BCUT2D eigenvalue weighted by molar-refractivity contribution is 0.0678. The van der Waals surface area contributed by atoms with E-state index >= 15 is 0 Å². The molecule has 5 heteroatoms. The number of alkyl halides is 4. The Morgan fingerprint density at radius 3 is 1.86 bits per heavy atom. The van der Waals surface area contributed by atoms with Crippen molar-refractivity contribution >= 4 is 5.78 Å². The van der Waals surface area contributed by atoms with Gasteiger partial charge in [-0.3, -0.25) is 4.79 Å². The molecule has 1 rings (SSSR count). The van der Waals surface area contributed by atoms with Crippen LogP contribution in [-0.4, -0.2) is 12.2 Å². The van der Waals surface area contributed by atoms with Crippen molar-refractivity contribution in [2.45, 2.75) is 12.9 Å². The van der Waals surface area contributed by atoms with Crippen LogP contribution in [0.4, 0.5) is 17.6 Å². The van der Waals surface area contributed by atoms with E-state index in [1.165, 1.54) is 0 Å². The molecule has 76 valence electrons. The Morgan fingerprint density at radius 1 is 1.00 bits per heavy atom. The van der Waals surface area contributed by atoms with E-state index in [1.54, 1.807) is 0 Å². The van der Waals surface area contributed by atoms with Crippen LogP contribution in [0.15, 0.2) is 24.3 Å². The van der Waals surface area contributed by atoms with Crippen molar-refractivity contribution in [2.24, 2.45) is 0 Å². The fourth-order valence-corrected chi connectivity index (χ4v) is 0.919. The highest BCUT2D eigenvalue weighted by Crippen LogP contribution is 2.19. The minimum atomic E-state index is -3.10. The molecule has 0 N–H and O–H groups in total. The molecule has 1 aromatic carbocycles. The zero-order chi connectivity index (χ0) is 10.7. The maximum absolute atomic E-state index is 12.0. The summed E-state index contributed by atoms with van der Waals surface area (Å²) >= 11 is 0. The fourth-order valence-electron chi connectivity index (χ4n) is 0.919. The molecule has 0 aromatic heterocycles. The Bertz CT molecular complexity index is 318. The van der Waals surface area contributed by atoms with Gasteiger partial charge >= 0.3 is 6.43 Å². The molecular formula is C9H6F4O. The molecule has 0 aliphatic carbocycles. The van der Waals surface area contributed by atoms with Gasteiger partial charge in [0.1, 0.15) is 0 Å². The molecule has 0 aliphatic rings. The fraction of sp³-hybridized carbons (Fsp3) is 0.222. The molecule has 0 fully saturated rings. The zero-order valence-electron chi connectivity index (χ0n) is 6.88. The van der Waals surface area contributed by atoms with Gasteiger partial charge in [0, 0.05) is 11.1 Å². The van der Waals surface area contributed by atoms with Gasteiger partial charge in [0.15, 0.2) is 0 Å². The second-order valence-electron chi connectivity index (χ2n) is 2.59. The number of hydrogen-bond acceptors (Lipinski definition) is 1. The minimum absolute atomic E-state index is 0.260. The summed E-state index contributed by atoms with van der Waals surface area (Å²) in [4.78, 5) is 10.7. The third-order valence-electron chi connectivity index (χ3n) is 1.65. The molecule has 0 atom stereocenters. The van der Waals surface area contributed by atoms with Crippen molar-refractivity contribution in [3.63, 3.8) is 0 Å². The monoisotopic (exact) mass is 206 g/mol. The second-order valence-corrected chi connectivity index (χ2v) is 2.59. The van der Waals surface area contributed by atoms with Crippen molar-refractivity contribution in [3.8, 4) is 0 Å². The average molecular weight is 206 g/mol. The van der Waals surface area contributed by atoms with Crippen molar-refractivity contribution in [2.75, 3.05) is 0 Å². The molecule has 0 saturated heterocycles. The number of rotatable bonds is 3.